The quantitative estimate of drug-likeness (QED) is 0.445. The number of hydrogen-bond acceptors (Lipinski definition) is 6. The molecule has 8 nitrogen and oxygen atoms in total. The third-order valence-corrected chi connectivity index (χ3v) is 6.09. The van der Waals surface area contributed by atoms with Crippen molar-refractivity contribution in [1.29, 1.82) is 0 Å². The molecule has 0 aliphatic carbocycles. The van der Waals surface area contributed by atoms with Gasteiger partial charge in [0.15, 0.2) is 0 Å². The zero-order valence-electron chi connectivity index (χ0n) is 19.3. The van der Waals surface area contributed by atoms with Gasteiger partial charge in [-0.15, -0.1) is 0 Å². The van der Waals surface area contributed by atoms with E-state index in [4.69, 9.17) is 4.74 Å². The van der Waals surface area contributed by atoms with Crippen molar-refractivity contribution >= 4 is 5.91 Å². The van der Waals surface area contributed by atoms with E-state index in [1.54, 1.807) is 35.5 Å². The van der Waals surface area contributed by atoms with Crippen LogP contribution in [0.2, 0.25) is 0 Å². The summed E-state index contributed by atoms with van der Waals surface area (Å²) >= 11 is 0. The van der Waals surface area contributed by atoms with E-state index in [9.17, 15) is 4.79 Å². The molecule has 4 aromatic rings. The number of rotatable bonds is 5. The van der Waals surface area contributed by atoms with E-state index in [-0.39, 0.29) is 11.8 Å². The van der Waals surface area contributed by atoms with Gasteiger partial charge in [-0.3, -0.25) is 19.4 Å². The van der Waals surface area contributed by atoms with Crippen molar-refractivity contribution in [2.45, 2.75) is 25.7 Å². The van der Waals surface area contributed by atoms with Crippen LogP contribution in [0.3, 0.4) is 0 Å². The number of ether oxygens (including phenoxy) is 1. The van der Waals surface area contributed by atoms with Crippen LogP contribution >= 0.6 is 0 Å². The summed E-state index contributed by atoms with van der Waals surface area (Å²) in [6.45, 7) is 3.27. The zero-order chi connectivity index (χ0) is 23.5. The molecule has 0 saturated carbocycles. The average molecular weight is 455 g/mol. The monoisotopic (exact) mass is 454 g/mol. The summed E-state index contributed by atoms with van der Waals surface area (Å²) in [7, 11) is 1.86. The smallest absolute Gasteiger partial charge is 0.254 e. The van der Waals surface area contributed by atoms with Gasteiger partial charge in [0.2, 0.25) is 5.88 Å². The molecule has 1 aromatic carbocycles. The van der Waals surface area contributed by atoms with Crippen LogP contribution in [0.25, 0.3) is 11.3 Å². The Morgan fingerprint density at radius 3 is 2.76 bits per heavy atom. The van der Waals surface area contributed by atoms with Gasteiger partial charge in [-0.25, -0.2) is 4.98 Å². The Labute approximate surface area is 198 Å². The molecule has 0 spiro atoms. The summed E-state index contributed by atoms with van der Waals surface area (Å²) in [5, 5.41) is 4.20. The van der Waals surface area contributed by atoms with Gasteiger partial charge >= 0.3 is 0 Å². The molecule has 3 aromatic heterocycles. The van der Waals surface area contributed by atoms with Crippen LogP contribution < -0.4 is 4.74 Å². The molecular formula is C26H26N6O2. The lowest BCUT2D eigenvalue weighted by Gasteiger charge is -2.33. The van der Waals surface area contributed by atoms with Gasteiger partial charge in [-0.2, -0.15) is 5.10 Å². The Bertz CT molecular complexity index is 1320. The number of aryl methyl sites for hydroxylation is 2. The molecule has 8 heteroatoms. The number of hydrogen-bond donors (Lipinski definition) is 0. The van der Waals surface area contributed by atoms with Crippen molar-refractivity contribution in [2.24, 2.45) is 7.05 Å². The maximum atomic E-state index is 13.4. The zero-order valence-corrected chi connectivity index (χ0v) is 19.3. The van der Waals surface area contributed by atoms with Crippen LogP contribution in [-0.4, -0.2) is 48.6 Å². The van der Waals surface area contributed by atoms with E-state index < -0.39 is 0 Å². The Morgan fingerprint density at radius 1 is 1.09 bits per heavy atom. The van der Waals surface area contributed by atoms with Crippen LogP contribution in [-0.2, 0) is 7.05 Å². The number of aromatic nitrogens is 5. The lowest BCUT2D eigenvalue weighted by Crippen LogP contribution is -2.39. The van der Waals surface area contributed by atoms with Gasteiger partial charge in [0.05, 0.1) is 11.9 Å². The number of benzene rings is 1. The Morgan fingerprint density at radius 2 is 1.94 bits per heavy atom. The number of carbonyl (C=O) groups excluding carboxylic acids is 1. The number of pyridine rings is 1. The summed E-state index contributed by atoms with van der Waals surface area (Å²) in [5.74, 6) is 1.29. The molecule has 1 fully saturated rings. The van der Waals surface area contributed by atoms with Crippen molar-refractivity contribution in [2.75, 3.05) is 13.1 Å². The maximum Gasteiger partial charge on any atom is 0.254 e. The molecule has 5 rings (SSSR count). The van der Waals surface area contributed by atoms with Gasteiger partial charge < -0.3 is 9.64 Å². The molecule has 1 atom stereocenters. The van der Waals surface area contributed by atoms with Crippen molar-refractivity contribution in [3.05, 3.63) is 84.2 Å². The molecular weight excluding hydrogens is 428 g/mol. The normalized spacial score (nSPS) is 15.8. The second-order valence-corrected chi connectivity index (χ2v) is 8.54. The lowest BCUT2D eigenvalue weighted by molar-refractivity contribution is 0.0704. The fraction of sp³-hybridized carbons (Fsp3) is 0.269. The minimum Gasteiger partial charge on any atom is -0.437 e. The lowest BCUT2D eigenvalue weighted by atomic mass is 9.94. The van der Waals surface area contributed by atoms with Crippen molar-refractivity contribution in [1.82, 2.24) is 29.6 Å². The van der Waals surface area contributed by atoms with Gasteiger partial charge in [-0.1, -0.05) is 18.2 Å². The first-order chi connectivity index (χ1) is 16.6. The Balaban J connectivity index is 1.36. The van der Waals surface area contributed by atoms with Crippen molar-refractivity contribution in [3.63, 3.8) is 0 Å². The fourth-order valence-corrected chi connectivity index (χ4v) is 4.31. The highest BCUT2D eigenvalue weighted by Gasteiger charge is 2.29. The summed E-state index contributed by atoms with van der Waals surface area (Å²) in [5.41, 5.74) is 4.04. The minimum absolute atomic E-state index is 0.0116. The first kappa shape index (κ1) is 21.8. The average Bonchev–Trinajstić information content (AvgIpc) is 3.32. The molecule has 34 heavy (non-hydrogen) atoms. The van der Waals surface area contributed by atoms with Gasteiger partial charge in [0, 0.05) is 62.0 Å². The third kappa shape index (κ3) is 4.52. The second kappa shape index (κ2) is 9.43. The van der Waals surface area contributed by atoms with E-state index >= 15 is 0 Å². The summed E-state index contributed by atoms with van der Waals surface area (Å²) in [4.78, 5) is 28.8. The van der Waals surface area contributed by atoms with E-state index in [1.807, 2.05) is 55.4 Å². The summed E-state index contributed by atoms with van der Waals surface area (Å²) in [6.07, 6.45) is 10.4. The number of likely N-dealkylation sites (tertiary alicyclic amines) is 1. The van der Waals surface area contributed by atoms with E-state index in [0.717, 1.165) is 41.1 Å². The molecule has 172 valence electrons. The van der Waals surface area contributed by atoms with Crippen molar-refractivity contribution in [3.8, 4) is 22.9 Å². The molecule has 0 bridgehead atoms. The number of para-hydroxylation sites is 1. The topological polar surface area (TPSA) is 86.0 Å². The van der Waals surface area contributed by atoms with Crippen LogP contribution in [0.1, 0.15) is 40.4 Å². The molecule has 0 unspecified atom stereocenters. The van der Waals surface area contributed by atoms with Gasteiger partial charge in [0.25, 0.3) is 5.91 Å². The Kier molecular flexibility index (Phi) is 6.03. The van der Waals surface area contributed by atoms with Gasteiger partial charge in [-0.05, 0) is 43.5 Å². The first-order valence-electron chi connectivity index (χ1n) is 11.4. The molecule has 0 radical (unpaired) electrons. The SMILES string of the molecule is Cc1ccccc1Oc1nccnc1[C@H]1CCCN(C(=O)c2ccnc(-c3cnn(C)c3)c2)C1. The third-order valence-electron chi connectivity index (χ3n) is 6.09. The first-order valence-corrected chi connectivity index (χ1v) is 11.4. The minimum atomic E-state index is -0.0116. The second-order valence-electron chi connectivity index (χ2n) is 8.54. The highest BCUT2D eigenvalue weighted by molar-refractivity contribution is 5.95. The predicted molar refractivity (Wildman–Crippen MR) is 128 cm³/mol. The summed E-state index contributed by atoms with van der Waals surface area (Å²) in [6, 6.07) is 11.4. The maximum absolute atomic E-state index is 13.4. The number of carbonyl (C=O) groups is 1. The largest absolute Gasteiger partial charge is 0.437 e. The van der Waals surface area contributed by atoms with Crippen molar-refractivity contribution < 1.29 is 9.53 Å². The standard InChI is InChI=1S/C26H26N6O2/c1-18-6-3-4-8-23(18)34-25-24(28-11-12-29-25)20-7-5-13-32(17-20)26(33)19-9-10-27-22(14-19)21-15-30-31(2)16-21/h3-4,6,8-12,14-16,20H,5,7,13,17H2,1-2H3/t20-/m0/s1. The van der Waals surface area contributed by atoms with E-state index in [1.165, 1.54) is 0 Å². The fourth-order valence-electron chi connectivity index (χ4n) is 4.31. The number of amides is 1. The number of nitrogens with zero attached hydrogens (tertiary/aromatic N) is 6. The van der Waals surface area contributed by atoms with Gasteiger partial charge in [0.1, 0.15) is 11.4 Å². The number of piperidine rings is 1. The van der Waals surface area contributed by atoms with Crippen LogP contribution in [0.15, 0.2) is 67.4 Å². The molecule has 4 heterocycles. The highest BCUT2D eigenvalue weighted by atomic mass is 16.5. The molecule has 0 N–H and O–H groups in total. The Hall–Kier alpha value is -4.07. The highest BCUT2D eigenvalue weighted by Crippen LogP contribution is 2.34. The summed E-state index contributed by atoms with van der Waals surface area (Å²) < 4.78 is 7.87. The molecule has 1 amide bonds. The van der Waals surface area contributed by atoms with Crippen LogP contribution in [0.4, 0.5) is 0 Å². The molecule has 1 aliphatic rings. The molecule has 1 aliphatic heterocycles. The predicted octanol–water partition coefficient (Wildman–Crippen LogP) is 4.39. The van der Waals surface area contributed by atoms with E-state index in [0.29, 0.717) is 24.5 Å². The van der Waals surface area contributed by atoms with Crippen LogP contribution in [0, 0.1) is 6.92 Å². The molecule has 1 saturated heterocycles. The van der Waals surface area contributed by atoms with E-state index in [2.05, 4.69) is 20.1 Å². The van der Waals surface area contributed by atoms with Crippen LogP contribution in [0.5, 0.6) is 11.6 Å².